The highest BCUT2D eigenvalue weighted by Crippen LogP contribution is 2.21. The average Bonchev–Trinajstić information content (AvgIpc) is 2.46. The van der Waals surface area contributed by atoms with Crippen LogP contribution in [0.25, 0.3) is 0 Å². The Morgan fingerprint density at radius 2 is 1.91 bits per heavy atom. The van der Waals surface area contributed by atoms with Crippen LogP contribution in [0.15, 0.2) is 52.2 Å². The Morgan fingerprint density at radius 1 is 1.23 bits per heavy atom. The SMILES string of the molecule is Cc1ccccc1C(=O)O/N=C1\C=C(C(C)C)C(=O)C=C1Cl. The number of rotatable bonds is 3. The van der Waals surface area contributed by atoms with Gasteiger partial charge in [0, 0.05) is 11.6 Å². The Kier molecular flexibility index (Phi) is 4.93. The summed E-state index contributed by atoms with van der Waals surface area (Å²) < 4.78 is 0. The highest BCUT2D eigenvalue weighted by molar-refractivity contribution is 6.48. The van der Waals surface area contributed by atoms with Gasteiger partial charge < -0.3 is 4.84 Å². The van der Waals surface area contributed by atoms with Gasteiger partial charge >= 0.3 is 5.97 Å². The van der Waals surface area contributed by atoms with Gasteiger partial charge in [-0.1, -0.05) is 48.8 Å². The summed E-state index contributed by atoms with van der Waals surface area (Å²) in [5.41, 5.74) is 2.08. The molecule has 0 fully saturated rings. The largest absolute Gasteiger partial charge is 0.366 e. The van der Waals surface area contributed by atoms with Crippen molar-refractivity contribution in [1.82, 2.24) is 0 Å². The van der Waals surface area contributed by atoms with Crippen molar-refractivity contribution in [1.29, 1.82) is 0 Å². The fourth-order valence-electron chi connectivity index (χ4n) is 2.02. The van der Waals surface area contributed by atoms with Crippen molar-refractivity contribution >= 4 is 29.1 Å². The Balaban J connectivity index is 2.22. The van der Waals surface area contributed by atoms with Gasteiger partial charge in [-0.05, 0) is 30.5 Å². The molecule has 1 aliphatic rings. The molecule has 0 heterocycles. The molecule has 0 radical (unpaired) electrons. The fourth-order valence-corrected chi connectivity index (χ4v) is 2.21. The Labute approximate surface area is 134 Å². The average molecular weight is 318 g/mol. The summed E-state index contributed by atoms with van der Waals surface area (Å²) in [4.78, 5) is 28.8. The lowest BCUT2D eigenvalue weighted by Crippen LogP contribution is -2.15. The second kappa shape index (κ2) is 6.71. The van der Waals surface area contributed by atoms with Crippen LogP contribution in [0.5, 0.6) is 0 Å². The third-order valence-corrected chi connectivity index (χ3v) is 3.60. The third kappa shape index (κ3) is 3.52. The maximum atomic E-state index is 12.0. The van der Waals surface area contributed by atoms with Gasteiger partial charge in [-0.2, -0.15) is 0 Å². The minimum Gasteiger partial charge on any atom is -0.312 e. The van der Waals surface area contributed by atoms with Gasteiger partial charge in [-0.25, -0.2) is 4.79 Å². The number of benzene rings is 1. The summed E-state index contributed by atoms with van der Waals surface area (Å²) in [7, 11) is 0. The predicted octanol–water partition coefficient (Wildman–Crippen LogP) is 3.80. The summed E-state index contributed by atoms with van der Waals surface area (Å²) >= 11 is 5.98. The maximum absolute atomic E-state index is 12.0. The van der Waals surface area contributed by atoms with Gasteiger partial charge in [0.25, 0.3) is 0 Å². The van der Waals surface area contributed by atoms with Crippen LogP contribution in [0, 0.1) is 12.8 Å². The van der Waals surface area contributed by atoms with Crippen molar-refractivity contribution in [2.75, 3.05) is 0 Å². The first-order valence-electron chi connectivity index (χ1n) is 6.88. The standard InChI is InChI=1S/C17H16ClNO3/c1-10(2)13-8-15(14(18)9-16(13)20)19-22-17(21)12-7-5-4-6-11(12)3/h4-10H,1-3H3/b19-15+. The number of carbonyl (C=O) groups excluding carboxylic acids is 2. The summed E-state index contributed by atoms with van der Waals surface area (Å²) in [5.74, 6) is -0.679. The fraction of sp³-hybridized carbons (Fsp3) is 0.235. The number of hydrogen-bond acceptors (Lipinski definition) is 4. The molecule has 0 saturated heterocycles. The monoisotopic (exact) mass is 317 g/mol. The maximum Gasteiger partial charge on any atom is 0.366 e. The number of halogens is 1. The van der Waals surface area contributed by atoms with E-state index in [2.05, 4.69) is 5.16 Å². The second-order valence-electron chi connectivity index (χ2n) is 5.28. The quantitative estimate of drug-likeness (QED) is 0.484. The summed E-state index contributed by atoms with van der Waals surface area (Å²) in [5, 5.41) is 3.95. The van der Waals surface area contributed by atoms with E-state index in [4.69, 9.17) is 16.4 Å². The van der Waals surface area contributed by atoms with E-state index in [9.17, 15) is 9.59 Å². The molecule has 5 heteroatoms. The molecule has 4 nitrogen and oxygen atoms in total. The van der Waals surface area contributed by atoms with Crippen LogP contribution in [0.1, 0.15) is 29.8 Å². The molecule has 22 heavy (non-hydrogen) atoms. The lowest BCUT2D eigenvalue weighted by molar-refractivity contribution is -0.111. The van der Waals surface area contributed by atoms with Crippen molar-refractivity contribution in [3.63, 3.8) is 0 Å². The summed E-state index contributed by atoms with van der Waals surface area (Å²) in [6.45, 7) is 5.61. The summed E-state index contributed by atoms with van der Waals surface area (Å²) in [6.07, 6.45) is 2.85. The van der Waals surface area contributed by atoms with Gasteiger partial charge in [0.1, 0.15) is 5.71 Å². The van der Waals surface area contributed by atoms with Crippen LogP contribution in [-0.4, -0.2) is 17.5 Å². The van der Waals surface area contributed by atoms with Crippen LogP contribution in [0.2, 0.25) is 0 Å². The van der Waals surface area contributed by atoms with Crippen LogP contribution in [0.4, 0.5) is 0 Å². The first-order valence-corrected chi connectivity index (χ1v) is 7.26. The molecule has 1 aliphatic carbocycles. The lowest BCUT2D eigenvalue weighted by Gasteiger charge is -2.13. The van der Waals surface area contributed by atoms with E-state index in [-0.39, 0.29) is 22.4 Å². The Hall–Kier alpha value is -2.20. The zero-order valence-electron chi connectivity index (χ0n) is 12.6. The highest BCUT2D eigenvalue weighted by atomic mass is 35.5. The molecule has 0 saturated carbocycles. The van der Waals surface area contributed by atoms with Gasteiger partial charge in [0.15, 0.2) is 5.78 Å². The molecule has 2 rings (SSSR count). The van der Waals surface area contributed by atoms with E-state index >= 15 is 0 Å². The second-order valence-corrected chi connectivity index (χ2v) is 5.69. The molecule has 0 spiro atoms. The van der Waals surface area contributed by atoms with Gasteiger partial charge in [-0.15, -0.1) is 0 Å². The molecule has 1 aromatic rings. The van der Waals surface area contributed by atoms with E-state index in [1.807, 2.05) is 32.9 Å². The number of carbonyl (C=O) groups is 2. The molecule has 0 atom stereocenters. The number of nitrogens with zero attached hydrogens (tertiary/aromatic N) is 1. The third-order valence-electron chi connectivity index (χ3n) is 3.29. The van der Waals surface area contributed by atoms with Crippen LogP contribution in [-0.2, 0) is 9.63 Å². The first-order chi connectivity index (χ1) is 10.4. The predicted molar refractivity (Wildman–Crippen MR) is 85.9 cm³/mol. The van der Waals surface area contributed by atoms with Crippen molar-refractivity contribution in [3.05, 3.63) is 58.1 Å². The van der Waals surface area contributed by atoms with Crippen molar-refractivity contribution in [3.8, 4) is 0 Å². The molecule has 0 aromatic heterocycles. The molecular weight excluding hydrogens is 302 g/mol. The Morgan fingerprint density at radius 3 is 2.55 bits per heavy atom. The number of aryl methyl sites for hydroxylation is 1. The molecule has 0 unspecified atom stereocenters. The van der Waals surface area contributed by atoms with E-state index in [0.29, 0.717) is 11.1 Å². The van der Waals surface area contributed by atoms with Crippen LogP contribution in [0.3, 0.4) is 0 Å². The van der Waals surface area contributed by atoms with E-state index in [1.54, 1.807) is 18.2 Å². The number of hydrogen-bond donors (Lipinski definition) is 0. The van der Waals surface area contributed by atoms with Crippen molar-refractivity contribution in [2.45, 2.75) is 20.8 Å². The minimum atomic E-state index is -0.563. The zero-order chi connectivity index (χ0) is 16.3. The molecule has 0 aliphatic heterocycles. The molecule has 0 amide bonds. The molecule has 1 aromatic carbocycles. The first kappa shape index (κ1) is 16.2. The van der Waals surface area contributed by atoms with E-state index in [0.717, 1.165) is 5.56 Å². The number of allylic oxidation sites excluding steroid dienone is 4. The van der Waals surface area contributed by atoms with Gasteiger partial charge in [0.05, 0.1) is 10.6 Å². The zero-order valence-corrected chi connectivity index (χ0v) is 13.3. The Bertz CT molecular complexity index is 714. The minimum absolute atomic E-state index is 0.0331. The molecule has 0 bridgehead atoms. The topological polar surface area (TPSA) is 55.7 Å². The van der Waals surface area contributed by atoms with Crippen LogP contribution >= 0.6 is 11.6 Å². The normalized spacial score (nSPS) is 16.6. The number of ketones is 1. The van der Waals surface area contributed by atoms with E-state index < -0.39 is 5.97 Å². The van der Waals surface area contributed by atoms with E-state index in [1.165, 1.54) is 6.08 Å². The molecule has 114 valence electrons. The van der Waals surface area contributed by atoms with Gasteiger partial charge in [0.2, 0.25) is 0 Å². The van der Waals surface area contributed by atoms with Crippen molar-refractivity contribution in [2.24, 2.45) is 11.1 Å². The number of oxime groups is 1. The highest BCUT2D eigenvalue weighted by Gasteiger charge is 2.21. The van der Waals surface area contributed by atoms with Crippen LogP contribution < -0.4 is 0 Å². The van der Waals surface area contributed by atoms with Gasteiger partial charge in [-0.3, -0.25) is 4.79 Å². The molecule has 0 N–H and O–H groups in total. The summed E-state index contributed by atoms with van der Waals surface area (Å²) in [6, 6.07) is 7.06. The molecular formula is C17H16ClNO3. The van der Waals surface area contributed by atoms with Crippen molar-refractivity contribution < 1.29 is 14.4 Å². The smallest absolute Gasteiger partial charge is 0.312 e. The lowest BCUT2D eigenvalue weighted by atomic mass is 9.93.